The first kappa shape index (κ1) is 14.0. The van der Waals surface area contributed by atoms with Gasteiger partial charge in [0.2, 0.25) is 0 Å². The Balaban J connectivity index is 1.70. The van der Waals surface area contributed by atoms with Gasteiger partial charge in [0.15, 0.2) is 6.29 Å². The lowest BCUT2D eigenvalue weighted by atomic mass is 9.98. The highest BCUT2D eigenvalue weighted by molar-refractivity contribution is 9.10. The third-order valence-corrected chi connectivity index (χ3v) is 3.96. The topological polar surface area (TPSA) is 18.5 Å². The summed E-state index contributed by atoms with van der Waals surface area (Å²) in [5.41, 5.74) is 1.37. The molecule has 2 atom stereocenters. The molecule has 0 radical (unpaired) electrons. The third-order valence-electron chi connectivity index (χ3n) is 3.43. The van der Waals surface area contributed by atoms with Gasteiger partial charge in [-0.1, -0.05) is 35.0 Å². The second-order valence-corrected chi connectivity index (χ2v) is 5.82. The molecular formula is C15H21BrO2. The Hall–Kier alpha value is -0.380. The van der Waals surface area contributed by atoms with E-state index in [0.29, 0.717) is 5.92 Å². The molecule has 0 aliphatic carbocycles. The molecular weight excluding hydrogens is 292 g/mol. The van der Waals surface area contributed by atoms with E-state index in [1.807, 2.05) is 0 Å². The molecule has 1 aromatic rings. The van der Waals surface area contributed by atoms with Crippen LogP contribution in [0.1, 0.15) is 44.1 Å². The minimum atomic E-state index is 0.0378. The van der Waals surface area contributed by atoms with Gasteiger partial charge in [-0.3, -0.25) is 0 Å². The van der Waals surface area contributed by atoms with Crippen LogP contribution < -0.4 is 0 Å². The molecule has 0 N–H and O–H groups in total. The van der Waals surface area contributed by atoms with E-state index in [4.69, 9.17) is 9.47 Å². The van der Waals surface area contributed by atoms with Crippen molar-refractivity contribution in [1.82, 2.24) is 0 Å². The lowest BCUT2D eigenvalue weighted by Gasteiger charge is -2.23. The predicted octanol–water partition coefficient (Wildman–Crippen LogP) is 4.49. The maximum absolute atomic E-state index is 5.77. The third kappa shape index (κ3) is 4.38. The van der Waals surface area contributed by atoms with Crippen molar-refractivity contribution in [3.8, 4) is 0 Å². The predicted molar refractivity (Wildman–Crippen MR) is 76.7 cm³/mol. The van der Waals surface area contributed by atoms with Crippen molar-refractivity contribution in [3.05, 3.63) is 34.3 Å². The van der Waals surface area contributed by atoms with Crippen LogP contribution in [-0.4, -0.2) is 19.5 Å². The summed E-state index contributed by atoms with van der Waals surface area (Å²) in [5.74, 6) is 0.529. The second kappa shape index (κ2) is 7.27. The summed E-state index contributed by atoms with van der Waals surface area (Å²) in [6, 6.07) is 8.53. The van der Waals surface area contributed by atoms with E-state index in [-0.39, 0.29) is 6.29 Å². The Morgan fingerprint density at radius 1 is 1.33 bits per heavy atom. The first-order chi connectivity index (χ1) is 8.75. The minimum absolute atomic E-state index is 0.0378. The second-order valence-electron chi connectivity index (χ2n) is 4.91. The quantitative estimate of drug-likeness (QED) is 0.797. The smallest absolute Gasteiger partial charge is 0.157 e. The Morgan fingerprint density at radius 3 is 2.78 bits per heavy atom. The van der Waals surface area contributed by atoms with Gasteiger partial charge in [0.1, 0.15) is 0 Å². The van der Waals surface area contributed by atoms with Gasteiger partial charge in [-0.15, -0.1) is 0 Å². The van der Waals surface area contributed by atoms with Gasteiger partial charge in [-0.2, -0.15) is 0 Å². The summed E-state index contributed by atoms with van der Waals surface area (Å²) in [4.78, 5) is 0. The molecule has 3 heteroatoms. The van der Waals surface area contributed by atoms with E-state index >= 15 is 0 Å². The van der Waals surface area contributed by atoms with Crippen molar-refractivity contribution in [2.45, 2.75) is 44.8 Å². The van der Waals surface area contributed by atoms with E-state index in [1.165, 1.54) is 18.4 Å². The molecule has 0 aromatic heterocycles. The van der Waals surface area contributed by atoms with Crippen molar-refractivity contribution in [2.75, 3.05) is 13.2 Å². The van der Waals surface area contributed by atoms with Crippen LogP contribution >= 0.6 is 15.9 Å². The van der Waals surface area contributed by atoms with E-state index in [2.05, 4.69) is 47.1 Å². The maximum Gasteiger partial charge on any atom is 0.157 e. The van der Waals surface area contributed by atoms with Gasteiger partial charge in [0.05, 0.1) is 6.61 Å². The molecule has 1 fully saturated rings. The van der Waals surface area contributed by atoms with Crippen molar-refractivity contribution < 1.29 is 9.47 Å². The standard InChI is InChI=1S/C15H21BrO2/c1-12(13-5-7-14(16)8-6-13)9-11-18-15-4-2-3-10-17-15/h5-8,12,15H,2-4,9-11H2,1H3. The number of hydrogen-bond acceptors (Lipinski definition) is 2. The highest BCUT2D eigenvalue weighted by Crippen LogP contribution is 2.22. The Morgan fingerprint density at radius 2 is 2.11 bits per heavy atom. The summed E-state index contributed by atoms with van der Waals surface area (Å²) in [5, 5.41) is 0. The molecule has 1 heterocycles. The van der Waals surface area contributed by atoms with Crippen molar-refractivity contribution in [2.24, 2.45) is 0 Å². The molecule has 0 bridgehead atoms. The van der Waals surface area contributed by atoms with Crippen molar-refractivity contribution in [1.29, 1.82) is 0 Å². The maximum atomic E-state index is 5.77. The fourth-order valence-corrected chi connectivity index (χ4v) is 2.44. The number of benzene rings is 1. The van der Waals surface area contributed by atoms with Crippen molar-refractivity contribution in [3.63, 3.8) is 0 Å². The Bertz CT molecular complexity index is 344. The first-order valence-electron chi connectivity index (χ1n) is 6.74. The van der Waals surface area contributed by atoms with Crippen LogP contribution in [0.25, 0.3) is 0 Å². The fourth-order valence-electron chi connectivity index (χ4n) is 2.18. The summed E-state index contributed by atoms with van der Waals surface area (Å²) in [7, 11) is 0. The lowest BCUT2D eigenvalue weighted by Crippen LogP contribution is -2.23. The normalized spacial score (nSPS) is 21.8. The van der Waals surface area contributed by atoms with E-state index in [0.717, 1.165) is 30.5 Å². The summed E-state index contributed by atoms with van der Waals surface area (Å²) in [6.45, 7) is 3.88. The molecule has 1 saturated heterocycles. The van der Waals surface area contributed by atoms with Gasteiger partial charge in [-0.05, 0) is 49.3 Å². The van der Waals surface area contributed by atoms with E-state index in [1.54, 1.807) is 0 Å². The lowest BCUT2D eigenvalue weighted by molar-refractivity contribution is -0.163. The summed E-state index contributed by atoms with van der Waals surface area (Å²) >= 11 is 3.46. The molecule has 0 amide bonds. The summed E-state index contributed by atoms with van der Waals surface area (Å²) in [6.07, 6.45) is 4.53. The Kier molecular flexibility index (Phi) is 5.67. The molecule has 1 aromatic carbocycles. The van der Waals surface area contributed by atoms with E-state index < -0.39 is 0 Å². The molecule has 100 valence electrons. The molecule has 0 saturated carbocycles. The van der Waals surface area contributed by atoms with Crippen LogP contribution in [0.4, 0.5) is 0 Å². The summed E-state index contributed by atoms with van der Waals surface area (Å²) < 4.78 is 12.5. The average molecular weight is 313 g/mol. The first-order valence-corrected chi connectivity index (χ1v) is 7.53. The van der Waals surface area contributed by atoms with Crippen LogP contribution in [0.15, 0.2) is 28.7 Å². The number of rotatable bonds is 5. The van der Waals surface area contributed by atoms with E-state index in [9.17, 15) is 0 Å². The van der Waals surface area contributed by atoms with Crippen LogP contribution in [0, 0.1) is 0 Å². The molecule has 1 aliphatic rings. The zero-order valence-corrected chi connectivity index (χ0v) is 12.5. The molecule has 1 aliphatic heterocycles. The van der Waals surface area contributed by atoms with Crippen LogP contribution in [-0.2, 0) is 9.47 Å². The number of halogens is 1. The monoisotopic (exact) mass is 312 g/mol. The number of hydrogen-bond donors (Lipinski definition) is 0. The van der Waals surface area contributed by atoms with Crippen LogP contribution in [0.2, 0.25) is 0 Å². The van der Waals surface area contributed by atoms with Gasteiger partial charge in [0.25, 0.3) is 0 Å². The molecule has 2 nitrogen and oxygen atoms in total. The average Bonchev–Trinajstić information content (AvgIpc) is 2.40. The largest absolute Gasteiger partial charge is 0.353 e. The molecule has 0 spiro atoms. The Labute approximate surface area is 118 Å². The minimum Gasteiger partial charge on any atom is -0.353 e. The highest BCUT2D eigenvalue weighted by Gasteiger charge is 2.14. The van der Waals surface area contributed by atoms with Crippen molar-refractivity contribution >= 4 is 15.9 Å². The van der Waals surface area contributed by atoms with Crippen LogP contribution in [0.5, 0.6) is 0 Å². The SMILES string of the molecule is CC(CCOC1CCCCO1)c1ccc(Br)cc1. The van der Waals surface area contributed by atoms with Gasteiger partial charge < -0.3 is 9.47 Å². The molecule has 2 rings (SSSR count). The molecule has 18 heavy (non-hydrogen) atoms. The zero-order chi connectivity index (χ0) is 12.8. The van der Waals surface area contributed by atoms with Crippen LogP contribution in [0.3, 0.4) is 0 Å². The zero-order valence-electron chi connectivity index (χ0n) is 10.9. The highest BCUT2D eigenvalue weighted by atomic mass is 79.9. The van der Waals surface area contributed by atoms with Gasteiger partial charge >= 0.3 is 0 Å². The molecule has 2 unspecified atom stereocenters. The number of ether oxygens (including phenoxy) is 2. The van der Waals surface area contributed by atoms with Gasteiger partial charge in [-0.25, -0.2) is 0 Å². The van der Waals surface area contributed by atoms with Gasteiger partial charge in [0, 0.05) is 11.1 Å². The fraction of sp³-hybridized carbons (Fsp3) is 0.600.